The van der Waals surface area contributed by atoms with Crippen LogP contribution in [0.5, 0.6) is 0 Å². The average Bonchev–Trinajstić information content (AvgIpc) is 2.82. The zero-order chi connectivity index (χ0) is 21.4. The van der Waals surface area contributed by atoms with Crippen LogP contribution in [0.15, 0.2) is 97.3 Å². The zero-order valence-corrected chi connectivity index (χ0v) is 17.0. The largest absolute Gasteiger partial charge is 0.478 e. The summed E-state index contributed by atoms with van der Waals surface area (Å²) in [4.78, 5) is 18.5. The first-order valence-electron chi connectivity index (χ1n) is 10.1. The van der Waals surface area contributed by atoms with Crippen LogP contribution in [0.25, 0.3) is 32.7 Å². The summed E-state index contributed by atoms with van der Waals surface area (Å²) in [5, 5.41) is 14.1. The molecule has 0 aliphatic heterocycles. The number of rotatable bonds is 4. The number of carboxylic acid groups (broad SMARTS) is 1. The van der Waals surface area contributed by atoms with Crippen molar-refractivity contribution in [2.75, 3.05) is 11.9 Å². The molecule has 1 N–H and O–H groups in total. The van der Waals surface area contributed by atoms with Gasteiger partial charge in [0.2, 0.25) is 0 Å². The summed E-state index contributed by atoms with van der Waals surface area (Å²) < 4.78 is 0. The molecule has 0 unspecified atom stereocenters. The first kappa shape index (κ1) is 18.8. The lowest BCUT2D eigenvalue weighted by Gasteiger charge is -2.25. The van der Waals surface area contributed by atoms with Gasteiger partial charge in [-0.15, -0.1) is 0 Å². The normalized spacial score (nSPS) is 11.0. The Labute approximate surface area is 180 Å². The highest BCUT2D eigenvalue weighted by Gasteiger charge is 2.22. The van der Waals surface area contributed by atoms with Gasteiger partial charge in [0.15, 0.2) is 0 Å². The van der Waals surface area contributed by atoms with E-state index in [4.69, 9.17) is 0 Å². The van der Waals surface area contributed by atoms with E-state index in [-0.39, 0.29) is 0 Å². The van der Waals surface area contributed by atoms with Crippen molar-refractivity contribution in [1.82, 2.24) is 4.98 Å². The number of benzene rings is 4. The molecule has 4 heteroatoms. The molecule has 0 fully saturated rings. The fourth-order valence-corrected chi connectivity index (χ4v) is 4.23. The molecule has 1 heterocycles. The highest BCUT2D eigenvalue weighted by molar-refractivity contribution is 6.16. The summed E-state index contributed by atoms with van der Waals surface area (Å²) >= 11 is 0. The molecule has 0 saturated carbocycles. The van der Waals surface area contributed by atoms with E-state index in [9.17, 15) is 9.90 Å². The highest BCUT2D eigenvalue weighted by atomic mass is 16.4. The molecule has 31 heavy (non-hydrogen) atoms. The van der Waals surface area contributed by atoms with Gasteiger partial charge in [0.25, 0.3) is 0 Å². The van der Waals surface area contributed by atoms with Crippen molar-refractivity contribution in [2.45, 2.75) is 0 Å². The Hall–Kier alpha value is -4.18. The Bertz CT molecular complexity index is 1430. The van der Waals surface area contributed by atoms with Gasteiger partial charge in [-0.2, -0.15) is 0 Å². The van der Waals surface area contributed by atoms with Crippen LogP contribution in [0, 0.1) is 0 Å². The smallest absolute Gasteiger partial charge is 0.336 e. The van der Waals surface area contributed by atoms with E-state index in [0.29, 0.717) is 5.56 Å². The molecule has 0 radical (unpaired) electrons. The van der Waals surface area contributed by atoms with Crippen molar-refractivity contribution < 1.29 is 9.90 Å². The summed E-state index contributed by atoms with van der Waals surface area (Å²) in [6.45, 7) is 0. The third kappa shape index (κ3) is 3.19. The molecule has 5 aromatic rings. The molecular formula is C27H20N2O2. The van der Waals surface area contributed by atoms with Gasteiger partial charge >= 0.3 is 5.97 Å². The predicted octanol–water partition coefficient (Wildman–Crippen LogP) is 6.52. The minimum absolute atomic E-state index is 0.291. The van der Waals surface area contributed by atoms with Crippen LogP contribution in [0.3, 0.4) is 0 Å². The third-order valence-corrected chi connectivity index (χ3v) is 5.73. The van der Waals surface area contributed by atoms with Gasteiger partial charge in [-0.3, -0.25) is 4.98 Å². The molecule has 4 aromatic carbocycles. The molecular weight excluding hydrogens is 384 g/mol. The molecule has 0 amide bonds. The fourth-order valence-electron chi connectivity index (χ4n) is 4.23. The quantitative estimate of drug-likeness (QED) is 0.370. The number of nitrogens with zero attached hydrogens (tertiary/aromatic N) is 2. The molecule has 0 aliphatic carbocycles. The van der Waals surface area contributed by atoms with Crippen LogP contribution in [0.1, 0.15) is 10.4 Å². The van der Waals surface area contributed by atoms with Gasteiger partial charge in [-0.25, -0.2) is 4.79 Å². The number of anilines is 2. The minimum Gasteiger partial charge on any atom is -0.478 e. The number of aromatic carboxylic acids is 1. The van der Waals surface area contributed by atoms with E-state index in [1.54, 1.807) is 18.5 Å². The first-order chi connectivity index (χ1) is 15.1. The third-order valence-electron chi connectivity index (χ3n) is 5.73. The van der Waals surface area contributed by atoms with E-state index < -0.39 is 5.97 Å². The van der Waals surface area contributed by atoms with Gasteiger partial charge in [-0.05, 0) is 45.8 Å². The maximum Gasteiger partial charge on any atom is 0.336 e. The molecule has 0 bridgehead atoms. The Balaban J connectivity index is 1.93. The average molecular weight is 404 g/mol. The van der Waals surface area contributed by atoms with Crippen molar-refractivity contribution in [3.63, 3.8) is 0 Å². The maximum atomic E-state index is 12.3. The Kier molecular flexibility index (Phi) is 4.60. The molecule has 4 nitrogen and oxygen atoms in total. The Morgan fingerprint density at radius 2 is 1.32 bits per heavy atom. The number of hydrogen-bond donors (Lipinski definition) is 1. The zero-order valence-electron chi connectivity index (χ0n) is 17.0. The van der Waals surface area contributed by atoms with E-state index >= 15 is 0 Å². The molecule has 0 atom stereocenters. The standard InChI is InChI=1S/C27H20N2O2/c1-29(20-14-16-28-17-15-20)24-13-11-19-7-3-5-9-22(19)26(24)25-21-8-4-2-6-18(21)10-12-23(25)27(30)31/h2-17H,1H3,(H,30,31). The maximum absolute atomic E-state index is 12.3. The van der Waals surface area contributed by atoms with Crippen LogP contribution in [-0.4, -0.2) is 23.1 Å². The van der Waals surface area contributed by atoms with Gasteiger partial charge < -0.3 is 10.0 Å². The molecule has 0 spiro atoms. The topological polar surface area (TPSA) is 53.4 Å². The number of carboxylic acids is 1. The molecule has 5 rings (SSSR count). The summed E-state index contributed by atoms with van der Waals surface area (Å²) in [5.74, 6) is -0.939. The Morgan fingerprint density at radius 1 is 0.742 bits per heavy atom. The SMILES string of the molecule is CN(c1ccncc1)c1ccc2ccccc2c1-c1c(C(=O)O)ccc2ccccc12. The molecule has 0 aliphatic rings. The summed E-state index contributed by atoms with van der Waals surface area (Å²) in [6.07, 6.45) is 3.51. The van der Waals surface area contributed by atoms with E-state index in [0.717, 1.165) is 44.0 Å². The van der Waals surface area contributed by atoms with Crippen molar-refractivity contribution in [1.29, 1.82) is 0 Å². The van der Waals surface area contributed by atoms with Crippen LogP contribution in [0.4, 0.5) is 11.4 Å². The fraction of sp³-hybridized carbons (Fsp3) is 0.0370. The second-order valence-electron chi connectivity index (χ2n) is 7.46. The minimum atomic E-state index is -0.939. The van der Waals surface area contributed by atoms with E-state index in [1.807, 2.05) is 61.6 Å². The molecule has 150 valence electrons. The lowest BCUT2D eigenvalue weighted by Crippen LogP contribution is -2.12. The number of carbonyl (C=O) groups is 1. The van der Waals surface area contributed by atoms with Crippen molar-refractivity contribution in [2.24, 2.45) is 0 Å². The van der Waals surface area contributed by atoms with Gasteiger partial charge in [-0.1, -0.05) is 60.7 Å². The Morgan fingerprint density at radius 3 is 1.97 bits per heavy atom. The van der Waals surface area contributed by atoms with Crippen LogP contribution in [0.2, 0.25) is 0 Å². The number of aromatic nitrogens is 1. The lowest BCUT2D eigenvalue weighted by atomic mass is 9.88. The molecule has 0 saturated heterocycles. The van der Waals surface area contributed by atoms with Crippen LogP contribution in [-0.2, 0) is 0 Å². The number of pyridine rings is 1. The summed E-state index contributed by atoms with van der Waals surface area (Å²) in [7, 11) is 1.99. The lowest BCUT2D eigenvalue weighted by molar-refractivity contribution is 0.0698. The summed E-state index contributed by atoms with van der Waals surface area (Å²) in [5.41, 5.74) is 3.84. The van der Waals surface area contributed by atoms with Crippen LogP contribution >= 0.6 is 0 Å². The predicted molar refractivity (Wildman–Crippen MR) is 126 cm³/mol. The van der Waals surface area contributed by atoms with Gasteiger partial charge in [0, 0.05) is 41.9 Å². The monoisotopic (exact) mass is 404 g/mol. The van der Waals surface area contributed by atoms with Crippen molar-refractivity contribution in [3.8, 4) is 11.1 Å². The van der Waals surface area contributed by atoms with Gasteiger partial charge in [0.1, 0.15) is 0 Å². The summed E-state index contributed by atoms with van der Waals surface area (Å²) in [6, 6.07) is 27.7. The van der Waals surface area contributed by atoms with Crippen LogP contribution < -0.4 is 4.90 Å². The van der Waals surface area contributed by atoms with Crippen molar-refractivity contribution >= 4 is 38.9 Å². The van der Waals surface area contributed by atoms with Crippen molar-refractivity contribution in [3.05, 3.63) is 103 Å². The van der Waals surface area contributed by atoms with E-state index in [1.165, 1.54) is 0 Å². The van der Waals surface area contributed by atoms with Gasteiger partial charge in [0.05, 0.1) is 5.56 Å². The second-order valence-corrected chi connectivity index (χ2v) is 7.46. The number of fused-ring (bicyclic) bond motifs is 2. The molecule has 1 aromatic heterocycles. The first-order valence-corrected chi connectivity index (χ1v) is 10.1. The van der Waals surface area contributed by atoms with E-state index in [2.05, 4.69) is 34.1 Å². The second kappa shape index (κ2) is 7.58. The number of hydrogen-bond acceptors (Lipinski definition) is 3. The highest BCUT2D eigenvalue weighted by Crippen LogP contribution is 2.44.